The molecule has 2 atom stereocenters. The number of fused-ring (bicyclic) bond motifs is 3. The van der Waals surface area contributed by atoms with Crippen molar-refractivity contribution < 1.29 is 14.3 Å². The monoisotopic (exact) mass is 494 g/mol. The molecule has 2 unspecified atom stereocenters. The van der Waals surface area contributed by atoms with Crippen LogP contribution in [0.4, 0.5) is 0 Å². The minimum Gasteiger partial charge on any atom is -0.493 e. The standard InChI is InChI=1S/C29H35ClN2O3/c1-19(2)29-28(33)27-25(9-6-10-26(27)35-29)34-14-4-3-13-32-23-11-12-24(32)17-22(16-23)31-18-20-7-5-8-21(30)15-20/h5-10,15,22-24,31H,3-4,11-14,16-18H2,1-2H3. The van der Waals surface area contributed by atoms with Crippen molar-refractivity contribution in [3.8, 4) is 11.5 Å². The van der Waals surface area contributed by atoms with E-state index in [4.69, 9.17) is 21.1 Å². The van der Waals surface area contributed by atoms with E-state index >= 15 is 0 Å². The van der Waals surface area contributed by atoms with Crippen LogP contribution in [0.25, 0.3) is 0 Å². The third-order valence-corrected chi connectivity index (χ3v) is 7.76. The van der Waals surface area contributed by atoms with Gasteiger partial charge in [0.2, 0.25) is 5.78 Å². The Morgan fingerprint density at radius 1 is 1.11 bits per heavy atom. The highest BCUT2D eigenvalue weighted by Crippen LogP contribution is 2.39. The van der Waals surface area contributed by atoms with E-state index in [0.29, 0.717) is 47.6 Å². The molecule has 3 aliphatic rings. The SMILES string of the molecule is CC(C)=C1Oc2cccc(OCCCCN3C4CCC3CC(NCc3cccc(Cl)c3)C4)c2C1=O. The average Bonchev–Trinajstić information content (AvgIpc) is 3.30. The maximum absolute atomic E-state index is 12.7. The van der Waals surface area contributed by atoms with Crippen LogP contribution in [0.3, 0.4) is 0 Å². The number of rotatable bonds is 9. The molecule has 0 radical (unpaired) electrons. The predicted octanol–water partition coefficient (Wildman–Crippen LogP) is 6.15. The fraction of sp³-hybridized carbons (Fsp3) is 0.483. The first-order valence-electron chi connectivity index (χ1n) is 12.9. The molecule has 2 bridgehead atoms. The number of ketones is 1. The molecule has 35 heavy (non-hydrogen) atoms. The maximum atomic E-state index is 12.7. The summed E-state index contributed by atoms with van der Waals surface area (Å²) in [5.74, 6) is 1.60. The fourth-order valence-corrected chi connectivity index (χ4v) is 6.05. The molecule has 3 aliphatic heterocycles. The molecule has 5 nitrogen and oxygen atoms in total. The third-order valence-electron chi connectivity index (χ3n) is 7.52. The number of hydrogen-bond donors (Lipinski definition) is 1. The van der Waals surface area contributed by atoms with Gasteiger partial charge in [0.15, 0.2) is 5.76 Å². The second-order valence-corrected chi connectivity index (χ2v) is 10.7. The van der Waals surface area contributed by atoms with Crippen molar-refractivity contribution in [3.05, 3.63) is 69.9 Å². The molecule has 0 spiro atoms. The van der Waals surface area contributed by atoms with Crippen LogP contribution in [0.15, 0.2) is 53.8 Å². The van der Waals surface area contributed by atoms with E-state index in [1.54, 1.807) is 0 Å². The van der Waals surface area contributed by atoms with Crippen LogP contribution >= 0.6 is 11.6 Å². The molecule has 1 N–H and O–H groups in total. The molecule has 0 amide bonds. The van der Waals surface area contributed by atoms with Gasteiger partial charge in [0.25, 0.3) is 0 Å². The Morgan fingerprint density at radius 2 is 1.89 bits per heavy atom. The lowest BCUT2D eigenvalue weighted by Gasteiger charge is -2.39. The van der Waals surface area contributed by atoms with Crippen LogP contribution in [0.2, 0.25) is 5.02 Å². The van der Waals surface area contributed by atoms with Gasteiger partial charge in [0.1, 0.15) is 17.1 Å². The Morgan fingerprint density at radius 3 is 2.63 bits per heavy atom. The molecule has 5 rings (SSSR count). The van der Waals surface area contributed by atoms with E-state index in [1.165, 1.54) is 31.2 Å². The highest BCUT2D eigenvalue weighted by atomic mass is 35.5. The summed E-state index contributed by atoms with van der Waals surface area (Å²) in [7, 11) is 0. The van der Waals surface area contributed by atoms with Crippen molar-refractivity contribution in [3.63, 3.8) is 0 Å². The summed E-state index contributed by atoms with van der Waals surface area (Å²) in [4.78, 5) is 15.5. The van der Waals surface area contributed by atoms with Crippen molar-refractivity contribution in [1.82, 2.24) is 10.2 Å². The molecule has 3 heterocycles. The van der Waals surface area contributed by atoms with Crippen molar-refractivity contribution >= 4 is 17.4 Å². The minimum atomic E-state index is -0.0704. The first kappa shape index (κ1) is 24.4. The van der Waals surface area contributed by atoms with Crippen molar-refractivity contribution in [2.75, 3.05) is 13.2 Å². The van der Waals surface area contributed by atoms with Gasteiger partial charge >= 0.3 is 0 Å². The number of carbonyl (C=O) groups is 1. The van der Waals surface area contributed by atoms with Gasteiger partial charge in [-0.3, -0.25) is 9.69 Å². The van der Waals surface area contributed by atoms with Crippen LogP contribution in [0.5, 0.6) is 11.5 Å². The van der Waals surface area contributed by atoms with Crippen molar-refractivity contribution in [1.29, 1.82) is 0 Å². The van der Waals surface area contributed by atoms with Crippen LogP contribution in [0, 0.1) is 0 Å². The highest BCUT2D eigenvalue weighted by molar-refractivity contribution is 6.30. The van der Waals surface area contributed by atoms with Gasteiger partial charge in [-0.25, -0.2) is 0 Å². The van der Waals surface area contributed by atoms with Crippen LogP contribution in [-0.2, 0) is 6.54 Å². The second-order valence-electron chi connectivity index (χ2n) is 10.2. The van der Waals surface area contributed by atoms with Crippen LogP contribution in [-0.4, -0.2) is 42.0 Å². The number of ether oxygens (including phenoxy) is 2. The summed E-state index contributed by atoms with van der Waals surface area (Å²) < 4.78 is 11.8. The number of halogens is 1. The van der Waals surface area contributed by atoms with E-state index in [9.17, 15) is 4.79 Å². The summed E-state index contributed by atoms with van der Waals surface area (Å²) in [6.45, 7) is 6.40. The number of hydrogen-bond acceptors (Lipinski definition) is 5. The molecular formula is C29H35ClN2O3. The average molecular weight is 495 g/mol. The fourth-order valence-electron chi connectivity index (χ4n) is 5.83. The topological polar surface area (TPSA) is 50.8 Å². The Labute approximate surface area is 213 Å². The number of carbonyl (C=O) groups excluding carboxylic acids is 1. The third kappa shape index (κ3) is 5.42. The van der Waals surface area contributed by atoms with E-state index in [2.05, 4.69) is 16.3 Å². The lowest BCUT2D eigenvalue weighted by molar-refractivity contribution is 0.101. The van der Waals surface area contributed by atoms with Gasteiger partial charge < -0.3 is 14.8 Å². The zero-order valence-electron chi connectivity index (χ0n) is 20.7. The largest absolute Gasteiger partial charge is 0.493 e. The molecule has 2 fully saturated rings. The zero-order valence-corrected chi connectivity index (χ0v) is 21.4. The lowest BCUT2D eigenvalue weighted by Crippen LogP contribution is -2.49. The summed E-state index contributed by atoms with van der Waals surface area (Å²) >= 11 is 6.13. The van der Waals surface area contributed by atoms with E-state index in [-0.39, 0.29) is 5.78 Å². The molecule has 186 valence electrons. The van der Waals surface area contributed by atoms with Crippen LogP contribution in [0.1, 0.15) is 68.3 Å². The molecule has 0 aromatic heterocycles. The number of piperidine rings is 1. The molecule has 2 aromatic carbocycles. The molecule has 0 aliphatic carbocycles. The molecular weight excluding hydrogens is 460 g/mol. The van der Waals surface area contributed by atoms with Crippen molar-refractivity contribution in [2.24, 2.45) is 0 Å². The Kier molecular flexibility index (Phi) is 7.47. The van der Waals surface area contributed by atoms with Crippen molar-refractivity contribution in [2.45, 2.75) is 77.0 Å². The van der Waals surface area contributed by atoms with Gasteiger partial charge in [0.05, 0.1) is 6.61 Å². The van der Waals surface area contributed by atoms with Gasteiger partial charge in [-0.2, -0.15) is 0 Å². The maximum Gasteiger partial charge on any atom is 0.235 e. The van der Waals surface area contributed by atoms with Gasteiger partial charge in [0, 0.05) is 29.7 Å². The van der Waals surface area contributed by atoms with Gasteiger partial charge in [-0.05, 0) is 94.3 Å². The molecule has 6 heteroatoms. The quantitative estimate of drug-likeness (QED) is 0.334. The lowest BCUT2D eigenvalue weighted by atomic mass is 9.96. The predicted molar refractivity (Wildman–Crippen MR) is 139 cm³/mol. The second kappa shape index (κ2) is 10.7. The van der Waals surface area contributed by atoms with Gasteiger partial charge in [-0.1, -0.05) is 29.8 Å². The summed E-state index contributed by atoms with van der Waals surface area (Å²) in [5, 5.41) is 4.57. The van der Waals surface area contributed by atoms with E-state index in [0.717, 1.165) is 36.5 Å². The Bertz CT molecular complexity index is 1100. The number of unbranched alkanes of at least 4 members (excludes halogenated alkanes) is 1. The zero-order chi connectivity index (χ0) is 24.4. The number of nitrogens with zero attached hydrogens (tertiary/aromatic N) is 1. The number of Topliss-reactive ketones (excluding diaryl/α,β-unsaturated/α-hetero) is 1. The smallest absolute Gasteiger partial charge is 0.235 e. The number of nitrogens with one attached hydrogen (secondary N) is 1. The van der Waals surface area contributed by atoms with Crippen LogP contribution < -0.4 is 14.8 Å². The normalized spacial score (nSPS) is 23.3. The Hall–Kier alpha value is -2.34. The first-order chi connectivity index (χ1) is 17.0. The highest BCUT2D eigenvalue weighted by Gasteiger charge is 2.40. The molecule has 0 saturated carbocycles. The number of benzene rings is 2. The minimum absolute atomic E-state index is 0.0704. The first-order valence-corrected chi connectivity index (χ1v) is 13.3. The number of allylic oxidation sites excluding steroid dienone is 2. The van der Waals surface area contributed by atoms with Gasteiger partial charge in [-0.15, -0.1) is 0 Å². The summed E-state index contributed by atoms with van der Waals surface area (Å²) in [6.07, 6.45) is 7.13. The van der Waals surface area contributed by atoms with E-state index < -0.39 is 0 Å². The molecule has 2 aromatic rings. The summed E-state index contributed by atoms with van der Waals surface area (Å²) in [5.41, 5.74) is 2.70. The summed E-state index contributed by atoms with van der Waals surface area (Å²) in [6, 6.07) is 15.7. The molecule has 2 saturated heterocycles. The Balaban J connectivity index is 1.06. The van der Waals surface area contributed by atoms with E-state index in [1.807, 2.05) is 50.2 Å².